The van der Waals surface area contributed by atoms with Crippen LogP contribution in [0.5, 0.6) is 0 Å². The first-order chi connectivity index (χ1) is 18.0. The van der Waals surface area contributed by atoms with Crippen LogP contribution in [0, 0.1) is 0 Å². The minimum absolute atomic E-state index is 0.0225. The second kappa shape index (κ2) is 12.4. The van der Waals surface area contributed by atoms with Gasteiger partial charge in [0, 0.05) is 11.8 Å². The van der Waals surface area contributed by atoms with Gasteiger partial charge in [-0.25, -0.2) is 14.4 Å². The number of fused-ring (bicyclic) bond motifs is 1. The molecule has 0 aliphatic rings. The molecule has 0 radical (unpaired) electrons. The molecule has 0 spiro atoms. The third-order valence-electron chi connectivity index (χ3n) is 5.59. The molecule has 8 heteroatoms. The number of ether oxygens (including phenoxy) is 3. The van der Waals surface area contributed by atoms with Crippen molar-refractivity contribution in [3.05, 3.63) is 107 Å². The summed E-state index contributed by atoms with van der Waals surface area (Å²) in [5, 5.41) is 3.24. The van der Waals surface area contributed by atoms with Gasteiger partial charge in [-0.3, -0.25) is 0 Å². The number of carbonyl (C=O) groups is 3. The van der Waals surface area contributed by atoms with Gasteiger partial charge in [-0.1, -0.05) is 78.9 Å². The fraction of sp³-hybridized carbons (Fsp3) is 0.207. The molecule has 1 aromatic heterocycles. The van der Waals surface area contributed by atoms with Crippen LogP contribution in [-0.4, -0.2) is 30.7 Å². The Balaban J connectivity index is 1.48. The van der Waals surface area contributed by atoms with Crippen molar-refractivity contribution in [2.45, 2.75) is 32.6 Å². The van der Waals surface area contributed by atoms with E-state index in [9.17, 15) is 14.4 Å². The van der Waals surface area contributed by atoms with Crippen LogP contribution >= 0.6 is 0 Å². The Labute approximate surface area is 214 Å². The molecule has 0 aliphatic carbocycles. The van der Waals surface area contributed by atoms with E-state index >= 15 is 0 Å². The second-order valence-corrected chi connectivity index (χ2v) is 8.18. The van der Waals surface area contributed by atoms with E-state index in [1.54, 1.807) is 31.2 Å². The fourth-order valence-electron chi connectivity index (χ4n) is 3.80. The number of hydrogen-bond acceptors (Lipinski definition) is 7. The molecule has 0 aliphatic heterocycles. The van der Waals surface area contributed by atoms with Gasteiger partial charge in [0.15, 0.2) is 0 Å². The van der Waals surface area contributed by atoms with Gasteiger partial charge in [0.25, 0.3) is 0 Å². The Morgan fingerprint density at radius 3 is 2.14 bits per heavy atom. The quantitative estimate of drug-likeness (QED) is 0.236. The summed E-state index contributed by atoms with van der Waals surface area (Å²) >= 11 is 0. The van der Waals surface area contributed by atoms with Crippen molar-refractivity contribution < 1.29 is 33.0 Å². The Kier molecular flexibility index (Phi) is 8.54. The van der Waals surface area contributed by atoms with Crippen LogP contribution in [0.2, 0.25) is 0 Å². The van der Waals surface area contributed by atoms with Crippen LogP contribution in [0.4, 0.5) is 4.79 Å². The van der Waals surface area contributed by atoms with Crippen LogP contribution < -0.4 is 5.32 Å². The first-order valence-corrected chi connectivity index (χ1v) is 11.9. The van der Waals surface area contributed by atoms with Crippen LogP contribution in [0.1, 0.15) is 34.2 Å². The molecule has 0 saturated heterocycles. The zero-order valence-corrected chi connectivity index (χ0v) is 20.3. The molecule has 3 aromatic carbocycles. The van der Waals surface area contributed by atoms with Gasteiger partial charge >= 0.3 is 18.0 Å². The van der Waals surface area contributed by atoms with E-state index in [1.165, 1.54) is 0 Å². The van der Waals surface area contributed by atoms with E-state index in [1.807, 2.05) is 60.7 Å². The summed E-state index contributed by atoms with van der Waals surface area (Å²) in [7, 11) is 0. The van der Waals surface area contributed by atoms with Gasteiger partial charge in [0.2, 0.25) is 5.76 Å². The minimum Gasteiger partial charge on any atom is -0.460 e. The standard InChI is InChI=1S/C29H27NO7/c1-2-34-28(32)26-23(22-15-9-10-16-25(22)37-26)19-35-27(31)24(17-20-11-5-3-6-12-20)30-29(33)36-18-21-13-7-4-8-14-21/h3-16,24H,2,17-19H2,1H3,(H,30,33). The predicted molar refractivity (Wildman–Crippen MR) is 136 cm³/mol. The number of benzene rings is 3. The van der Waals surface area contributed by atoms with Crippen LogP contribution in [0.15, 0.2) is 89.3 Å². The smallest absolute Gasteiger partial charge is 0.408 e. The maximum atomic E-state index is 13.2. The number of alkyl carbamates (subject to hydrolysis) is 1. The van der Waals surface area contributed by atoms with Crippen molar-refractivity contribution in [3.8, 4) is 0 Å². The fourth-order valence-corrected chi connectivity index (χ4v) is 3.80. The summed E-state index contributed by atoms with van der Waals surface area (Å²) in [6, 6.07) is 24.5. The number of para-hydroxylation sites is 1. The summed E-state index contributed by atoms with van der Waals surface area (Å²) in [4.78, 5) is 38.1. The Morgan fingerprint density at radius 1 is 0.784 bits per heavy atom. The average Bonchev–Trinajstić information content (AvgIpc) is 3.30. The third kappa shape index (κ3) is 6.76. The van der Waals surface area contributed by atoms with Crippen molar-refractivity contribution in [1.82, 2.24) is 5.32 Å². The lowest BCUT2D eigenvalue weighted by atomic mass is 10.1. The number of nitrogens with one attached hydrogen (secondary N) is 1. The molecule has 37 heavy (non-hydrogen) atoms. The molecule has 1 N–H and O–H groups in total. The zero-order valence-electron chi connectivity index (χ0n) is 20.3. The van der Waals surface area contributed by atoms with Crippen LogP contribution in [0.3, 0.4) is 0 Å². The lowest BCUT2D eigenvalue weighted by molar-refractivity contribution is -0.147. The third-order valence-corrected chi connectivity index (χ3v) is 5.59. The molecule has 1 heterocycles. The SMILES string of the molecule is CCOC(=O)c1oc2ccccc2c1COC(=O)C(Cc1ccccc1)NC(=O)OCc1ccccc1. The van der Waals surface area contributed by atoms with Crippen molar-refractivity contribution in [3.63, 3.8) is 0 Å². The van der Waals surface area contributed by atoms with E-state index < -0.39 is 24.1 Å². The molecule has 4 aromatic rings. The van der Waals surface area contributed by atoms with E-state index in [0.29, 0.717) is 16.5 Å². The van der Waals surface area contributed by atoms with E-state index in [2.05, 4.69) is 5.32 Å². The normalized spacial score (nSPS) is 11.5. The van der Waals surface area contributed by atoms with Crippen molar-refractivity contribution in [2.75, 3.05) is 6.61 Å². The number of hydrogen-bond donors (Lipinski definition) is 1. The monoisotopic (exact) mass is 501 g/mol. The summed E-state index contributed by atoms with van der Waals surface area (Å²) in [6.07, 6.45) is -0.556. The topological polar surface area (TPSA) is 104 Å². The van der Waals surface area contributed by atoms with E-state index in [0.717, 1.165) is 11.1 Å². The Hall–Kier alpha value is -4.59. The summed E-state index contributed by atoms with van der Waals surface area (Å²) in [5.74, 6) is -1.35. The molecule has 1 atom stereocenters. The van der Waals surface area contributed by atoms with Crippen molar-refractivity contribution in [1.29, 1.82) is 0 Å². The molecule has 0 fully saturated rings. The van der Waals surface area contributed by atoms with Gasteiger partial charge in [-0.2, -0.15) is 0 Å². The molecule has 1 unspecified atom stereocenters. The largest absolute Gasteiger partial charge is 0.460 e. The molecule has 0 bridgehead atoms. The number of carbonyl (C=O) groups excluding carboxylic acids is 3. The molecule has 190 valence electrons. The van der Waals surface area contributed by atoms with E-state index in [4.69, 9.17) is 18.6 Å². The lowest BCUT2D eigenvalue weighted by Gasteiger charge is -2.18. The highest BCUT2D eigenvalue weighted by Gasteiger charge is 2.27. The van der Waals surface area contributed by atoms with Gasteiger partial charge in [-0.05, 0) is 24.1 Å². The Morgan fingerprint density at radius 2 is 1.43 bits per heavy atom. The second-order valence-electron chi connectivity index (χ2n) is 8.18. The first-order valence-electron chi connectivity index (χ1n) is 11.9. The minimum atomic E-state index is -1.02. The summed E-state index contributed by atoms with van der Waals surface area (Å²) in [5.41, 5.74) is 2.51. The summed E-state index contributed by atoms with van der Waals surface area (Å²) in [6.45, 7) is 1.68. The number of amides is 1. The molecule has 4 rings (SSSR count). The van der Waals surface area contributed by atoms with Crippen molar-refractivity contribution >= 4 is 29.0 Å². The van der Waals surface area contributed by atoms with Gasteiger partial charge in [-0.15, -0.1) is 0 Å². The maximum Gasteiger partial charge on any atom is 0.408 e. The highest BCUT2D eigenvalue weighted by atomic mass is 16.6. The van der Waals surface area contributed by atoms with Gasteiger partial charge in [0.05, 0.1) is 12.2 Å². The zero-order chi connectivity index (χ0) is 26.0. The van der Waals surface area contributed by atoms with Crippen molar-refractivity contribution in [2.24, 2.45) is 0 Å². The van der Waals surface area contributed by atoms with Gasteiger partial charge < -0.3 is 23.9 Å². The molecular formula is C29H27NO7. The highest BCUT2D eigenvalue weighted by molar-refractivity contribution is 5.96. The lowest BCUT2D eigenvalue weighted by Crippen LogP contribution is -2.43. The molecule has 1 amide bonds. The summed E-state index contributed by atoms with van der Waals surface area (Å²) < 4.78 is 21.7. The molecule has 8 nitrogen and oxygen atoms in total. The maximum absolute atomic E-state index is 13.2. The first kappa shape index (κ1) is 25.5. The highest BCUT2D eigenvalue weighted by Crippen LogP contribution is 2.27. The van der Waals surface area contributed by atoms with Gasteiger partial charge in [0.1, 0.15) is 24.8 Å². The molecule has 0 saturated carbocycles. The van der Waals surface area contributed by atoms with Crippen LogP contribution in [-0.2, 0) is 38.6 Å². The number of esters is 2. The molecular weight excluding hydrogens is 474 g/mol. The van der Waals surface area contributed by atoms with E-state index in [-0.39, 0.29) is 32.0 Å². The average molecular weight is 502 g/mol. The van der Waals surface area contributed by atoms with Crippen LogP contribution in [0.25, 0.3) is 11.0 Å². The number of furan rings is 1. The number of rotatable bonds is 10. The Bertz CT molecular complexity index is 1350. The predicted octanol–water partition coefficient (Wildman–Crippen LogP) is 5.19.